The lowest BCUT2D eigenvalue weighted by Crippen LogP contribution is -2.22. The number of esters is 1. The van der Waals surface area contributed by atoms with E-state index < -0.39 is 16.0 Å². The normalized spacial score (nSPS) is 17.4. The summed E-state index contributed by atoms with van der Waals surface area (Å²) in [5, 5.41) is 0. The fourth-order valence-corrected chi connectivity index (χ4v) is 4.03. The third kappa shape index (κ3) is 3.59. The summed E-state index contributed by atoms with van der Waals surface area (Å²) in [6, 6.07) is 11.9. The minimum absolute atomic E-state index is 0.0396. The van der Waals surface area contributed by atoms with Crippen LogP contribution in [0.1, 0.15) is 17.5 Å². The van der Waals surface area contributed by atoms with Gasteiger partial charge in [0.1, 0.15) is 12.4 Å². The van der Waals surface area contributed by atoms with Gasteiger partial charge in [-0.1, -0.05) is 18.2 Å². The summed E-state index contributed by atoms with van der Waals surface area (Å²) in [4.78, 5) is 16.3. The number of amidine groups is 1. The molecule has 0 unspecified atom stereocenters. The van der Waals surface area contributed by atoms with Crippen LogP contribution in [0.3, 0.4) is 0 Å². The number of hydrogen-bond donors (Lipinski definition) is 1. The van der Waals surface area contributed by atoms with E-state index in [0.29, 0.717) is 17.1 Å². The first-order valence-corrected chi connectivity index (χ1v) is 9.72. The van der Waals surface area contributed by atoms with Gasteiger partial charge in [0, 0.05) is 5.56 Å². The van der Waals surface area contributed by atoms with Crippen LogP contribution in [-0.4, -0.2) is 33.6 Å². The molecule has 0 radical (unpaired) electrons. The maximum Gasteiger partial charge on any atom is 0.308 e. The van der Waals surface area contributed by atoms with Gasteiger partial charge in [-0.15, -0.1) is 0 Å². The lowest BCUT2D eigenvalue weighted by Gasteiger charge is -2.05. The molecule has 0 bridgehead atoms. The van der Waals surface area contributed by atoms with Gasteiger partial charge in [0.05, 0.1) is 17.9 Å². The topological polar surface area (TPSA) is 103 Å². The number of rotatable bonds is 5. The van der Waals surface area contributed by atoms with E-state index >= 15 is 0 Å². The van der Waals surface area contributed by atoms with Crippen LogP contribution in [0.5, 0.6) is 11.5 Å². The lowest BCUT2D eigenvalue weighted by molar-refractivity contribution is -0.144. The van der Waals surface area contributed by atoms with Gasteiger partial charge in [0.2, 0.25) is 6.79 Å². The minimum Gasteiger partial charge on any atom is -0.461 e. The Bertz CT molecular complexity index is 1030. The summed E-state index contributed by atoms with van der Waals surface area (Å²) >= 11 is 0. The summed E-state index contributed by atoms with van der Waals surface area (Å²) in [6.07, 6.45) is 0.0396. The molecule has 4 rings (SSSR count). The molecule has 2 aromatic carbocycles. The molecule has 0 spiro atoms. The number of fused-ring (bicyclic) bond motifs is 2. The molecule has 0 fully saturated rings. The third-order valence-corrected chi connectivity index (χ3v) is 5.48. The van der Waals surface area contributed by atoms with Crippen LogP contribution >= 0.6 is 0 Å². The second kappa shape index (κ2) is 6.92. The van der Waals surface area contributed by atoms with E-state index in [1.54, 1.807) is 36.4 Å². The zero-order valence-corrected chi connectivity index (χ0v) is 15.0. The predicted molar refractivity (Wildman–Crippen MR) is 95.1 cm³/mol. The van der Waals surface area contributed by atoms with E-state index in [4.69, 9.17) is 14.2 Å². The van der Waals surface area contributed by atoms with Crippen LogP contribution in [0.25, 0.3) is 0 Å². The molecular formula is C18H16N2O6S. The Balaban J connectivity index is 1.32. The second-order valence-corrected chi connectivity index (χ2v) is 7.58. The monoisotopic (exact) mass is 388 g/mol. The van der Waals surface area contributed by atoms with E-state index in [9.17, 15) is 13.2 Å². The average Bonchev–Trinajstić information content (AvgIpc) is 3.22. The number of carbonyl (C=O) groups excluding carboxylic acids is 1. The van der Waals surface area contributed by atoms with Gasteiger partial charge in [-0.3, -0.25) is 14.5 Å². The molecule has 0 atom stereocenters. The van der Waals surface area contributed by atoms with Crippen LogP contribution in [0.2, 0.25) is 0 Å². The number of aliphatic imine (C=N–C) groups is 1. The summed E-state index contributed by atoms with van der Waals surface area (Å²) in [7, 11) is -3.58. The Morgan fingerprint density at radius 2 is 1.96 bits per heavy atom. The Hall–Kier alpha value is -3.07. The van der Waals surface area contributed by atoms with Crippen molar-refractivity contribution in [2.45, 2.75) is 17.9 Å². The van der Waals surface area contributed by atoms with Crippen molar-refractivity contribution in [3.8, 4) is 11.5 Å². The first-order chi connectivity index (χ1) is 13.0. The zero-order valence-electron chi connectivity index (χ0n) is 14.2. The smallest absolute Gasteiger partial charge is 0.308 e. The van der Waals surface area contributed by atoms with Gasteiger partial charge < -0.3 is 14.2 Å². The number of carbonyl (C=O) groups is 1. The van der Waals surface area contributed by atoms with Crippen molar-refractivity contribution in [1.29, 1.82) is 0 Å². The molecule has 9 heteroatoms. The van der Waals surface area contributed by atoms with E-state index in [2.05, 4.69) is 9.71 Å². The molecule has 0 aliphatic carbocycles. The van der Waals surface area contributed by atoms with E-state index in [1.807, 2.05) is 0 Å². The summed E-state index contributed by atoms with van der Waals surface area (Å²) in [5.74, 6) is 1.11. The fraction of sp³-hybridized carbons (Fsp3) is 0.222. The summed E-state index contributed by atoms with van der Waals surface area (Å²) < 4.78 is 42.1. The molecule has 1 N–H and O–H groups in total. The number of hydrogen-bond acceptors (Lipinski definition) is 7. The highest BCUT2D eigenvalue weighted by molar-refractivity contribution is 7.90. The first kappa shape index (κ1) is 17.3. The number of nitrogens with zero attached hydrogens (tertiary/aromatic N) is 1. The van der Waals surface area contributed by atoms with Gasteiger partial charge >= 0.3 is 5.97 Å². The van der Waals surface area contributed by atoms with Crippen molar-refractivity contribution in [3.63, 3.8) is 0 Å². The van der Waals surface area contributed by atoms with Crippen molar-refractivity contribution < 1.29 is 27.4 Å². The van der Waals surface area contributed by atoms with Crippen molar-refractivity contribution >= 4 is 21.8 Å². The van der Waals surface area contributed by atoms with Crippen molar-refractivity contribution in [2.75, 3.05) is 13.3 Å². The summed E-state index contributed by atoms with van der Waals surface area (Å²) in [5.41, 5.74) is 1.29. The Morgan fingerprint density at radius 1 is 1.15 bits per heavy atom. The highest BCUT2D eigenvalue weighted by atomic mass is 32.2. The molecule has 2 heterocycles. The van der Waals surface area contributed by atoms with Crippen molar-refractivity contribution in [2.24, 2.45) is 4.99 Å². The standard InChI is InChI=1S/C18H16N2O6S/c21-17(24-10-12-5-6-14-15(9-12)26-11-25-14)7-8-19-18-13-3-1-2-4-16(13)27(22,23)20-18/h1-6,9H,7-8,10-11H2,(H,19,20). The van der Waals surface area contributed by atoms with Crippen LogP contribution in [0.4, 0.5) is 0 Å². The molecule has 8 nitrogen and oxygen atoms in total. The number of nitrogens with one attached hydrogen (secondary N) is 1. The Morgan fingerprint density at radius 3 is 2.85 bits per heavy atom. The van der Waals surface area contributed by atoms with Gasteiger partial charge in [-0.05, 0) is 29.8 Å². The highest BCUT2D eigenvalue weighted by Crippen LogP contribution is 2.32. The van der Waals surface area contributed by atoms with Crippen molar-refractivity contribution in [1.82, 2.24) is 4.72 Å². The van der Waals surface area contributed by atoms with Crippen LogP contribution in [0.15, 0.2) is 52.4 Å². The minimum atomic E-state index is -3.58. The van der Waals surface area contributed by atoms with E-state index in [1.165, 1.54) is 6.07 Å². The molecule has 140 valence electrons. The zero-order chi connectivity index (χ0) is 18.9. The molecule has 2 aromatic rings. The third-order valence-electron chi connectivity index (χ3n) is 4.09. The largest absolute Gasteiger partial charge is 0.461 e. The second-order valence-electron chi connectivity index (χ2n) is 5.93. The van der Waals surface area contributed by atoms with Gasteiger partial charge in [-0.2, -0.15) is 0 Å². The number of benzene rings is 2. The number of ether oxygens (including phenoxy) is 3. The molecule has 2 aliphatic heterocycles. The maximum atomic E-state index is 12.0. The first-order valence-electron chi connectivity index (χ1n) is 8.24. The fourth-order valence-electron chi connectivity index (χ4n) is 2.78. The van der Waals surface area contributed by atoms with Gasteiger partial charge in [-0.25, -0.2) is 8.42 Å². The summed E-state index contributed by atoms with van der Waals surface area (Å²) in [6.45, 7) is 0.416. The molecule has 0 amide bonds. The predicted octanol–water partition coefficient (Wildman–Crippen LogP) is 1.59. The molecule has 2 aliphatic rings. The van der Waals surface area contributed by atoms with Crippen molar-refractivity contribution in [3.05, 3.63) is 53.6 Å². The number of sulfonamides is 1. The van der Waals surface area contributed by atoms with Gasteiger partial charge in [0.25, 0.3) is 10.0 Å². The Labute approximate surface area is 155 Å². The van der Waals surface area contributed by atoms with Crippen LogP contribution in [-0.2, 0) is 26.2 Å². The van der Waals surface area contributed by atoms with Crippen LogP contribution in [0, 0.1) is 0 Å². The van der Waals surface area contributed by atoms with Gasteiger partial charge in [0.15, 0.2) is 11.5 Å². The molecule has 0 saturated heterocycles. The Kier molecular flexibility index (Phi) is 4.44. The molecule has 0 saturated carbocycles. The molecule has 27 heavy (non-hydrogen) atoms. The van der Waals surface area contributed by atoms with E-state index in [0.717, 1.165) is 5.56 Å². The van der Waals surface area contributed by atoms with Crippen LogP contribution < -0.4 is 14.2 Å². The maximum absolute atomic E-state index is 12.0. The highest BCUT2D eigenvalue weighted by Gasteiger charge is 2.29. The molecular weight excluding hydrogens is 372 g/mol. The average molecular weight is 388 g/mol. The SMILES string of the molecule is O=C(CCN=C1NS(=O)(=O)c2ccccc21)OCc1ccc2c(c1)OCO2. The quantitative estimate of drug-likeness (QED) is 0.780. The lowest BCUT2D eigenvalue weighted by atomic mass is 10.2. The molecule has 0 aromatic heterocycles. The van der Waals surface area contributed by atoms with E-state index in [-0.39, 0.29) is 37.1 Å².